The summed E-state index contributed by atoms with van der Waals surface area (Å²) in [5.41, 5.74) is -1.61. The number of carboxylic acids is 1. The zero-order valence-electron chi connectivity index (χ0n) is 9.52. The number of carbonyl (C=O) groups is 1. The molecule has 0 amide bonds. The van der Waals surface area contributed by atoms with Crippen molar-refractivity contribution in [3.05, 3.63) is 27.9 Å². The Hall–Kier alpha value is -1.69. The minimum Gasteiger partial charge on any atom is -0.477 e. The van der Waals surface area contributed by atoms with Crippen molar-refractivity contribution in [3.8, 4) is 0 Å². The summed E-state index contributed by atoms with van der Waals surface area (Å²) in [5.74, 6) is -0.882. The van der Waals surface area contributed by atoms with Gasteiger partial charge in [-0.15, -0.1) is 0 Å². The number of H-pyrrole nitrogens is 1. The van der Waals surface area contributed by atoms with Crippen molar-refractivity contribution in [1.82, 2.24) is 9.97 Å². The number of nitrogens with one attached hydrogen (secondary N) is 1. The van der Waals surface area contributed by atoms with Crippen LogP contribution in [-0.4, -0.2) is 27.7 Å². The van der Waals surface area contributed by atoms with Gasteiger partial charge in [-0.3, -0.25) is 4.79 Å². The van der Waals surface area contributed by atoms with Crippen molar-refractivity contribution in [1.29, 1.82) is 0 Å². The topological polar surface area (TPSA) is 92.3 Å². The third kappa shape index (κ3) is 2.21. The summed E-state index contributed by atoms with van der Waals surface area (Å²) in [6.07, 6.45) is 3.84. The summed E-state index contributed by atoms with van der Waals surface area (Å²) in [4.78, 5) is 28.7. The maximum atomic E-state index is 11.5. The zero-order valence-corrected chi connectivity index (χ0v) is 9.52. The molecule has 1 atom stereocenters. The molecule has 2 N–H and O–H groups in total. The van der Waals surface area contributed by atoms with Crippen LogP contribution in [0, 0.1) is 0 Å². The second-order valence-electron chi connectivity index (χ2n) is 4.32. The third-order valence-electron chi connectivity index (χ3n) is 3.00. The number of nitrogens with zero attached hydrogens (tertiary/aromatic N) is 1. The first-order valence-corrected chi connectivity index (χ1v) is 5.50. The Morgan fingerprint density at radius 1 is 1.59 bits per heavy atom. The SMILES string of the molecule is CC1(c2ncc(C(=O)O)c(=O)[nH]2)CCCCO1. The summed E-state index contributed by atoms with van der Waals surface area (Å²) in [7, 11) is 0. The molecule has 1 aromatic heterocycles. The highest BCUT2D eigenvalue weighted by molar-refractivity contribution is 5.86. The second-order valence-corrected chi connectivity index (χ2v) is 4.32. The van der Waals surface area contributed by atoms with E-state index in [-0.39, 0.29) is 5.56 Å². The molecular formula is C11H14N2O4. The predicted molar refractivity (Wildman–Crippen MR) is 59.0 cm³/mol. The fourth-order valence-electron chi connectivity index (χ4n) is 1.94. The van der Waals surface area contributed by atoms with Gasteiger partial charge in [-0.05, 0) is 26.2 Å². The Balaban J connectivity index is 2.37. The van der Waals surface area contributed by atoms with Crippen LogP contribution >= 0.6 is 0 Å². The average molecular weight is 238 g/mol. The van der Waals surface area contributed by atoms with E-state index in [1.165, 1.54) is 0 Å². The lowest BCUT2D eigenvalue weighted by Crippen LogP contribution is -2.35. The van der Waals surface area contributed by atoms with Gasteiger partial charge in [0.2, 0.25) is 0 Å². The van der Waals surface area contributed by atoms with Crippen LogP contribution in [0.15, 0.2) is 11.0 Å². The highest BCUT2D eigenvalue weighted by Gasteiger charge is 2.32. The minimum absolute atomic E-state index is 0.354. The van der Waals surface area contributed by atoms with Gasteiger partial charge in [0.05, 0.1) is 0 Å². The standard InChI is InChI=1S/C11H14N2O4/c1-11(4-2-3-5-17-11)10-12-6-7(9(15)16)8(14)13-10/h6H,2-5H2,1H3,(H,15,16)(H,12,13,14). The van der Waals surface area contributed by atoms with Crippen molar-refractivity contribution in [2.75, 3.05) is 6.61 Å². The molecule has 92 valence electrons. The number of rotatable bonds is 2. The van der Waals surface area contributed by atoms with Gasteiger partial charge in [0.15, 0.2) is 0 Å². The van der Waals surface area contributed by atoms with E-state index in [2.05, 4.69) is 9.97 Å². The molecule has 6 heteroatoms. The average Bonchev–Trinajstić information content (AvgIpc) is 2.29. The van der Waals surface area contributed by atoms with Crippen molar-refractivity contribution >= 4 is 5.97 Å². The molecule has 0 bridgehead atoms. The number of carboxylic acid groups (broad SMARTS) is 1. The lowest BCUT2D eigenvalue weighted by Gasteiger charge is -2.32. The van der Waals surface area contributed by atoms with Gasteiger partial charge in [-0.2, -0.15) is 0 Å². The van der Waals surface area contributed by atoms with E-state index in [1.54, 1.807) is 0 Å². The first-order chi connectivity index (χ1) is 8.03. The van der Waals surface area contributed by atoms with Gasteiger partial charge >= 0.3 is 5.97 Å². The van der Waals surface area contributed by atoms with Crippen LogP contribution in [-0.2, 0) is 10.3 Å². The number of hydrogen-bond acceptors (Lipinski definition) is 4. The molecule has 0 spiro atoms. The summed E-state index contributed by atoms with van der Waals surface area (Å²) >= 11 is 0. The lowest BCUT2D eigenvalue weighted by atomic mass is 9.95. The van der Waals surface area contributed by atoms with Crippen LogP contribution in [0.4, 0.5) is 0 Å². The van der Waals surface area contributed by atoms with Crippen LogP contribution in [0.25, 0.3) is 0 Å². The molecule has 6 nitrogen and oxygen atoms in total. The molecule has 0 aromatic carbocycles. The normalized spacial score (nSPS) is 24.5. The predicted octanol–water partition coefficient (Wildman–Crippen LogP) is 0.884. The lowest BCUT2D eigenvalue weighted by molar-refractivity contribution is -0.0762. The Labute approximate surface area is 97.7 Å². The van der Waals surface area contributed by atoms with Gasteiger partial charge in [0.25, 0.3) is 5.56 Å². The largest absolute Gasteiger partial charge is 0.477 e. The highest BCUT2D eigenvalue weighted by Crippen LogP contribution is 2.31. The van der Waals surface area contributed by atoms with Crippen molar-refractivity contribution in [2.45, 2.75) is 31.8 Å². The second kappa shape index (κ2) is 4.29. The fourth-order valence-corrected chi connectivity index (χ4v) is 1.94. The Morgan fingerprint density at radius 3 is 2.88 bits per heavy atom. The Bertz CT molecular complexity index is 488. The van der Waals surface area contributed by atoms with E-state index in [0.717, 1.165) is 25.5 Å². The van der Waals surface area contributed by atoms with E-state index in [9.17, 15) is 9.59 Å². The first-order valence-electron chi connectivity index (χ1n) is 5.50. The molecule has 1 aliphatic rings. The zero-order chi connectivity index (χ0) is 12.5. The van der Waals surface area contributed by atoms with Crippen LogP contribution < -0.4 is 5.56 Å². The fraction of sp³-hybridized carbons (Fsp3) is 0.545. The van der Waals surface area contributed by atoms with Gasteiger partial charge in [0.1, 0.15) is 17.0 Å². The molecule has 0 aliphatic carbocycles. The smallest absolute Gasteiger partial charge is 0.342 e. The maximum absolute atomic E-state index is 11.5. The highest BCUT2D eigenvalue weighted by atomic mass is 16.5. The summed E-state index contributed by atoms with van der Waals surface area (Å²) in [5, 5.41) is 8.74. The first kappa shape index (κ1) is 11.8. The Kier molecular flexibility index (Phi) is 2.97. The molecule has 2 heterocycles. The molecule has 0 radical (unpaired) electrons. The van der Waals surface area contributed by atoms with Crippen molar-refractivity contribution in [3.63, 3.8) is 0 Å². The number of hydrogen-bond donors (Lipinski definition) is 2. The van der Waals surface area contributed by atoms with Crippen LogP contribution in [0.5, 0.6) is 0 Å². The van der Waals surface area contributed by atoms with E-state index in [4.69, 9.17) is 9.84 Å². The summed E-state index contributed by atoms with van der Waals surface area (Å²) < 4.78 is 5.63. The van der Waals surface area contributed by atoms with Crippen LogP contribution in [0.2, 0.25) is 0 Å². The number of ether oxygens (including phenoxy) is 1. The van der Waals surface area contributed by atoms with E-state index >= 15 is 0 Å². The molecule has 1 aromatic rings. The number of aromatic carboxylic acids is 1. The van der Waals surface area contributed by atoms with Crippen LogP contribution in [0.3, 0.4) is 0 Å². The molecule has 2 rings (SSSR count). The van der Waals surface area contributed by atoms with Gasteiger partial charge < -0.3 is 14.8 Å². The van der Waals surface area contributed by atoms with Gasteiger partial charge in [-0.1, -0.05) is 0 Å². The number of aromatic nitrogens is 2. The Morgan fingerprint density at radius 2 is 2.35 bits per heavy atom. The summed E-state index contributed by atoms with van der Waals surface area (Å²) in [6.45, 7) is 2.48. The molecule has 1 aliphatic heterocycles. The van der Waals surface area contributed by atoms with Gasteiger partial charge in [0, 0.05) is 12.8 Å². The minimum atomic E-state index is -1.28. The molecule has 1 saturated heterocycles. The molecule has 0 saturated carbocycles. The molecule has 1 unspecified atom stereocenters. The maximum Gasteiger partial charge on any atom is 0.342 e. The molecule has 17 heavy (non-hydrogen) atoms. The third-order valence-corrected chi connectivity index (χ3v) is 3.00. The van der Waals surface area contributed by atoms with E-state index in [0.29, 0.717) is 12.4 Å². The quantitative estimate of drug-likeness (QED) is 0.798. The summed E-state index contributed by atoms with van der Waals surface area (Å²) in [6, 6.07) is 0. The van der Waals surface area contributed by atoms with Crippen LogP contribution in [0.1, 0.15) is 42.4 Å². The number of aromatic amines is 1. The molecule has 1 fully saturated rings. The van der Waals surface area contributed by atoms with Gasteiger partial charge in [-0.25, -0.2) is 9.78 Å². The van der Waals surface area contributed by atoms with E-state index in [1.807, 2.05) is 6.92 Å². The van der Waals surface area contributed by atoms with Crippen molar-refractivity contribution in [2.24, 2.45) is 0 Å². The van der Waals surface area contributed by atoms with E-state index < -0.39 is 17.1 Å². The van der Waals surface area contributed by atoms with Crippen molar-refractivity contribution < 1.29 is 14.6 Å². The monoisotopic (exact) mass is 238 g/mol. The molecular weight excluding hydrogens is 224 g/mol.